The molecular formula is C14H17NO. The molecule has 0 unspecified atom stereocenters. The van der Waals surface area contributed by atoms with Gasteiger partial charge in [0, 0.05) is 6.54 Å². The summed E-state index contributed by atoms with van der Waals surface area (Å²) in [4.78, 5) is 13.7. The summed E-state index contributed by atoms with van der Waals surface area (Å²) in [7, 11) is 0. The Morgan fingerprint density at radius 3 is 3.00 bits per heavy atom. The first-order valence-electron chi connectivity index (χ1n) is 5.78. The molecule has 0 N–H and O–H groups in total. The average Bonchev–Trinajstić information content (AvgIpc) is 2.36. The second kappa shape index (κ2) is 4.52. The minimum atomic E-state index is 0.0429. The molecule has 1 aromatic rings. The highest BCUT2D eigenvalue weighted by Crippen LogP contribution is 2.31. The fourth-order valence-corrected chi connectivity index (χ4v) is 2.47. The lowest BCUT2D eigenvalue weighted by atomic mass is 9.91. The van der Waals surface area contributed by atoms with Crippen molar-refractivity contribution in [3.8, 4) is 0 Å². The molecule has 0 spiro atoms. The Bertz CT molecular complexity index is 411. The Balaban J connectivity index is 2.37. The van der Waals surface area contributed by atoms with Crippen LogP contribution in [0.2, 0.25) is 0 Å². The SMILES string of the molecule is C=CC(=O)N1CCc2ccccc2[C@H]1CC. The summed E-state index contributed by atoms with van der Waals surface area (Å²) >= 11 is 0. The second-order valence-corrected chi connectivity index (χ2v) is 4.11. The van der Waals surface area contributed by atoms with Crippen LogP contribution >= 0.6 is 0 Å². The zero-order valence-electron chi connectivity index (χ0n) is 9.65. The predicted octanol–water partition coefficient (Wildman–Crippen LogP) is 2.71. The lowest BCUT2D eigenvalue weighted by Gasteiger charge is -2.36. The molecular weight excluding hydrogens is 198 g/mol. The zero-order chi connectivity index (χ0) is 11.5. The van der Waals surface area contributed by atoms with E-state index in [0.717, 1.165) is 19.4 Å². The van der Waals surface area contributed by atoms with Crippen molar-refractivity contribution in [2.75, 3.05) is 6.54 Å². The van der Waals surface area contributed by atoms with Gasteiger partial charge in [-0.3, -0.25) is 4.79 Å². The molecule has 0 saturated heterocycles. The lowest BCUT2D eigenvalue weighted by Crippen LogP contribution is -2.38. The van der Waals surface area contributed by atoms with Crippen molar-refractivity contribution in [1.29, 1.82) is 0 Å². The minimum Gasteiger partial charge on any atom is -0.332 e. The molecule has 1 heterocycles. The number of carbonyl (C=O) groups excluding carboxylic acids is 1. The van der Waals surface area contributed by atoms with Gasteiger partial charge in [-0.25, -0.2) is 0 Å². The summed E-state index contributed by atoms with van der Waals surface area (Å²) in [6.45, 7) is 6.50. The molecule has 1 atom stereocenters. The van der Waals surface area contributed by atoms with Gasteiger partial charge >= 0.3 is 0 Å². The standard InChI is InChI=1S/C14H17NO/c1-3-13-12-8-6-5-7-11(12)9-10-15(13)14(16)4-2/h4-8,13H,2-3,9-10H2,1H3/t13-/m1/s1. The molecule has 2 nitrogen and oxygen atoms in total. The van der Waals surface area contributed by atoms with Gasteiger partial charge < -0.3 is 4.90 Å². The number of hydrogen-bond donors (Lipinski definition) is 0. The predicted molar refractivity (Wildman–Crippen MR) is 65.1 cm³/mol. The number of amides is 1. The summed E-state index contributed by atoms with van der Waals surface area (Å²) in [5.41, 5.74) is 2.67. The van der Waals surface area contributed by atoms with Crippen LogP contribution in [-0.4, -0.2) is 17.4 Å². The van der Waals surface area contributed by atoms with Crippen LogP contribution in [-0.2, 0) is 11.2 Å². The maximum atomic E-state index is 11.8. The highest BCUT2D eigenvalue weighted by atomic mass is 16.2. The minimum absolute atomic E-state index is 0.0429. The van der Waals surface area contributed by atoms with Gasteiger partial charge in [0.15, 0.2) is 0 Å². The first kappa shape index (κ1) is 10.9. The molecule has 84 valence electrons. The van der Waals surface area contributed by atoms with Gasteiger partial charge in [0.25, 0.3) is 0 Å². The van der Waals surface area contributed by atoms with Crippen molar-refractivity contribution in [1.82, 2.24) is 4.90 Å². The fourth-order valence-electron chi connectivity index (χ4n) is 2.47. The van der Waals surface area contributed by atoms with Gasteiger partial charge in [-0.2, -0.15) is 0 Å². The Labute approximate surface area is 96.6 Å². The molecule has 1 aliphatic heterocycles. The van der Waals surface area contributed by atoms with Crippen molar-refractivity contribution in [3.05, 3.63) is 48.0 Å². The van der Waals surface area contributed by atoms with Crippen molar-refractivity contribution in [3.63, 3.8) is 0 Å². The highest BCUT2D eigenvalue weighted by Gasteiger charge is 2.27. The van der Waals surface area contributed by atoms with Gasteiger partial charge in [0.1, 0.15) is 0 Å². The quantitative estimate of drug-likeness (QED) is 0.695. The Kier molecular flexibility index (Phi) is 3.09. The summed E-state index contributed by atoms with van der Waals surface area (Å²) in [6.07, 6.45) is 3.32. The lowest BCUT2D eigenvalue weighted by molar-refractivity contribution is -0.128. The molecule has 0 fully saturated rings. The van der Waals surface area contributed by atoms with Gasteiger partial charge in [0.2, 0.25) is 5.91 Å². The van der Waals surface area contributed by atoms with E-state index in [2.05, 4.69) is 31.7 Å². The maximum absolute atomic E-state index is 11.8. The smallest absolute Gasteiger partial charge is 0.246 e. The molecule has 16 heavy (non-hydrogen) atoms. The van der Waals surface area contributed by atoms with E-state index in [0.29, 0.717) is 0 Å². The maximum Gasteiger partial charge on any atom is 0.246 e. The summed E-state index contributed by atoms with van der Waals surface area (Å²) in [6, 6.07) is 8.62. The van der Waals surface area contributed by atoms with Gasteiger partial charge in [0.05, 0.1) is 6.04 Å². The fraction of sp³-hybridized carbons (Fsp3) is 0.357. The van der Waals surface area contributed by atoms with Crippen LogP contribution in [0.15, 0.2) is 36.9 Å². The van der Waals surface area contributed by atoms with E-state index in [1.165, 1.54) is 17.2 Å². The number of carbonyl (C=O) groups is 1. The zero-order valence-corrected chi connectivity index (χ0v) is 9.65. The summed E-state index contributed by atoms with van der Waals surface area (Å²) in [5, 5.41) is 0. The third-order valence-electron chi connectivity index (χ3n) is 3.26. The summed E-state index contributed by atoms with van der Waals surface area (Å²) in [5.74, 6) is 0.0429. The van der Waals surface area contributed by atoms with E-state index in [-0.39, 0.29) is 11.9 Å². The monoisotopic (exact) mass is 215 g/mol. The molecule has 0 radical (unpaired) electrons. The Morgan fingerprint density at radius 2 is 2.31 bits per heavy atom. The molecule has 1 amide bonds. The molecule has 0 aromatic heterocycles. The van der Waals surface area contributed by atoms with Crippen molar-refractivity contribution in [2.45, 2.75) is 25.8 Å². The van der Waals surface area contributed by atoms with Gasteiger partial charge in [-0.05, 0) is 30.0 Å². The Hall–Kier alpha value is -1.57. The van der Waals surface area contributed by atoms with Crippen LogP contribution in [0.5, 0.6) is 0 Å². The van der Waals surface area contributed by atoms with Crippen molar-refractivity contribution in [2.24, 2.45) is 0 Å². The number of nitrogens with zero attached hydrogens (tertiary/aromatic N) is 1. The third-order valence-corrected chi connectivity index (χ3v) is 3.26. The normalized spacial score (nSPS) is 19.1. The van der Waals surface area contributed by atoms with E-state index < -0.39 is 0 Å². The first-order valence-corrected chi connectivity index (χ1v) is 5.78. The molecule has 1 aromatic carbocycles. The molecule has 2 rings (SSSR count). The molecule has 2 heteroatoms. The number of fused-ring (bicyclic) bond motifs is 1. The van der Waals surface area contributed by atoms with Gasteiger partial charge in [-0.1, -0.05) is 37.8 Å². The highest BCUT2D eigenvalue weighted by molar-refractivity contribution is 5.87. The van der Waals surface area contributed by atoms with E-state index in [1.54, 1.807) is 0 Å². The van der Waals surface area contributed by atoms with Gasteiger partial charge in [-0.15, -0.1) is 0 Å². The molecule has 0 aliphatic carbocycles. The topological polar surface area (TPSA) is 20.3 Å². The van der Waals surface area contributed by atoms with E-state index in [1.807, 2.05) is 11.0 Å². The summed E-state index contributed by atoms with van der Waals surface area (Å²) < 4.78 is 0. The van der Waals surface area contributed by atoms with Crippen LogP contribution in [0.1, 0.15) is 30.5 Å². The van der Waals surface area contributed by atoms with Crippen molar-refractivity contribution >= 4 is 5.91 Å². The van der Waals surface area contributed by atoms with Crippen LogP contribution in [0, 0.1) is 0 Å². The molecule has 0 bridgehead atoms. The largest absolute Gasteiger partial charge is 0.332 e. The van der Waals surface area contributed by atoms with E-state index in [9.17, 15) is 4.79 Å². The van der Waals surface area contributed by atoms with Crippen molar-refractivity contribution < 1.29 is 4.79 Å². The number of hydrogen-bond acceptors (Lipinski definition) is 1. The van der Waals surface area contributed by atoms with Crippen LogP contribution in [0.3, 0.4) is 0 Å². The van der Waals surface area contributed by atoms with Crippen LogP contribution in [0.25, 0.3) is 0 Å². The van der Waals surface area contributed by atoms with Crippen LogP contribution in [0.4, 0.5) is 0 Å². The van der Waals surface area contributed by atoms with E-state index >= 15 is 0 Å². The average molecular weight is 215 g/mol. The molecule has 1 aliphatic rings. The number of benzene rings is 1. The number of rotatable bonds is 2. The Morgan fingerprint density at radius 1 is 1.56 bits per heavy atom. The molecule has 0 saturated carbocycles. The first-order chi connectivity index (χ1) is 7.77. The van der Waals surface area contributed by atoms with E-state index in [4.69, 9.17) is 0 Å². The third kappa shape index (κ3) is 1.75. The second-order valence-electron chi connectivity index (χ2n) is 4.11. The van der Waals surface area contributed by atoms with Crippen LogP contribution < -0.4 is 0 Å².